The summed E-state index contributed by atoms with van der Waals surface area (Å²) < 4.78 is 0. The van der Waals surface area contributed by atoms with E-state index < -0.39 is 0 Å². The Balaban J connectivity index is 1.59. The largest absolute Gasteiger partial charge is 0.348 e. The van der Waals surface area contributed by atoms with Gasteiger partial charge in [0.15, 0.2) is 0 Å². The Morgan fingerprint density at radius 2 is 1.95 bits per heavy atom. The van der Waals surface area contributed by atoms with Gasteiger partial charge in [-0.3, -0.25) is 4.79 Å². The zero-order valence-corrected chi connectivity index (χ0v) is 13.7. The summed E-state index contributed by atoms with van der Waals surface area (Å²) in [7, 11) is 0. The van der Waals surface area contributed by atoms with Gasteiger partial charge in [0.1, 0.15) is 0 Å². The zero-order valence-electron chi connectivity index (χ0n) is 12.1. The number of carbonyl (C=O) groups is 1. The highest BCUT2D eigenvalue weighted by molar-refractivity contribution is 7.10. The van der Waals surface area contributed by atoms with Gasteiger partial charge in [0, 0.05) is 16.2 Å². The van der Waals surface area contributed by atoms with Crippen molar-refractivity contribution in [2.45, 2.75) is 44.6 Å². The lowest BCUT2D eigenvalue weighted by atomic mass is 9.96. The van der Waals surface area contributed by atoms with E-state index in [1.807, 2.05) is 6.07 Å². The fourth-order valence-electron chi connectivity index (χ4n) is 3.12. The Bertz CT molecular complexity index is 541. The summed E-state index contributed by atoms with van der Waals surface area (Å²) in [6, 6.07) is 8.62. The van der Waals surface area contributed by atoms with Crippen LogP contribution in [0.3, 0.4) is 0 Å². The molecule has 1 atom stereocenters. The molecule has 0 aliphatic heterocycles. The van der Waals surface area contributed by atoms with Crippen LogP contribution in [0.25, 0.3) is 0 Å². The second kappa shape index (κ2) is 7.23. The normalized spacial score (nSPS) is 17.0. The molecule has 4 heteroatoms. The van der Waals surface area contributed by atoms with Crippen LogP contribution in [-0.4, -0.2) is 5.91 Å². The standard InChI is InChI=1S/C17H21NOS2/c19-16(10-9-14-7-3-11-20-14)18-17(13-5-1-2-6-13)15-8-4-12-21-15/h3-4,7-8,11-13,17H,1-2,5-6,9-10H2,(H,18,19)/t17-/m0/s1. The average molecular weight is 319 g/mol. The molecule has 0 spiro atoms. The fraction of sp³-hybridized carbons (Fsp3) is 0.471. The smallest absolute Gasteiger partial charge is 0.220 e. The third kappa shape index (κ3) is 3.95. The van der Waals surface area contributed by atoms with Crippen LogP contribution in [0.5, 0.6) is 0 Å². The van der Waals surface area contributed by atoms with E-state index in [0.29, 0.717) is 12.3 Å². The van der Waals surface area contributed by atoms with Crippen LogP contribution in [0.2, 0.25) is 0 Å². The minimum Gasteiger partial charge on any atom is -0.348 e. The first-order valence-electron chi connectivity index (χ1n) is 7.68. The van der Waals surface area contributed by atoms with Crippen LogP contribution >= 0.6 is 22.7 Å². The molecule has 0 unspecified atom stereocenters. The highest BCUT2D eigenvalue weighted by Gasteiger charge is 2.28. The molecule has 1 aliphatic rings. The van der Waals surface area contributed by atoms with Crippen molar-refractivity contribution in [2.24, 2.45) is 5.92 Å². The van der Waals surface area contributed by atoms with Gasteiger partial charge in [-0.1, -0.05) is 25.0 Å². The molecule has 0 saturated heterocycles. The van der Waals surface area contributed by atoms with Crippen molar-refractivity contribution in [3.05, 3.63) is 44.8 Å². The summed E-state index contributed by atoms with van der Waals surface area (Å²) in [5.74, 6) is 0.808. The van der Waals surface area contributed by atoms with Gasteiger partial charge in [0.25, 0.3) is 0 Å². The number of carbonyl (C=O) groups excluding carboxylic acids is 1. The van der Waals surface area contributed by atoms with E-state index in [-0.39, 0.29) is 11.9 Å². The molecular formula is C17H21NOS2. The molecule has 1 saturated carbocycles. The van der Waals surface area contributed by atoms with Crippen molar-refractivity contribution >= 4 is 28.6 Å². The van der Waals surface area contributed by atoms with Gasteiger partial charge in [-0.25, -0.2) is 0 Å². The van der Waals surface area contributed by atoms with E-state index in [1.165, 1.54) is 35.4 Å². The predicted octanol–water partition coefficient (Wildman–Crippen LogP) is 4.79. The third-order valence-corrected chi connectivity index (χ3v) is 6.11. The van der Waals surface area contributed by atoms with E-state index in [2.05, 4.69) is 34.3 Å². The quantitative estimate of drug-likeness (QED) is 0.815. The van der Waals surface area contributed by atoms with Gasteiger partial charge in [-0.15, -0.1) is 22.7 Å². The van der Waals surface area contributed by atoms with Crippen molar-refractivity contribution < 1.29 is 4.79 Å². The molecule has 1 fully saturated rings. The van der Waals surface area contributed by atoms with E-state index >= 15 is 0 Å². The third-order valence-electron chi connectivity index (χ3n) is 4.22. The molecule has 0 radical (unpaired) electrons. The molecule has 2 aromatic rings. The van der Waals surface area contributed by atoms with Crippen molar-refractivity contribution in [1.29, 1.82) is 0 Å². The number of hydrogen-bond donors (Lipinski definition) is 1. The SMILES string of the molecule is O=C(CCc1cccs1)N[C@H](c1cccs1)C1CCCC1. The first-order chi connectivity index (χ1) is 10.3. The molecule has 1 amide bonds. The summed E-state index contributed by atoms with van der Waals surface area (Å²) in [6.45, 7) is 0. The lowest BCUT2D eigenvalue weighted by Gasteiger charge is -2.23. The summed E-state index contributed by atoms with van der Waals surface area (Å²) >= 11 is 3.49. The summed E-state index contributed by atoms with van der Waals surface area (Å²) in [6.07, 6.45) is 6.54. The molecule has 3 rings (SSSR count). The highest BCUT2D eigenvalue weighted by atomic mass is 32.1. The monoisotopic (exact) mass is 319 g/mol. The number of nitrogens with one attached hydrogen (secondary N) is 1. The summed E-state index contributed by atoms with van der Waals surface area (Å²) in [4.78, 5) is 14.9. The average Bonchev–Trinajstić information content (AvgIpc) is 3.26. The predicted molar refractivity (Wildman–Crippen MR) is 89.8 cm³/mol. The molecule has 0 aromatic carbocycles. The van der Waals surface area contributed by atoms with Gasteiger partial charge in [-0.05, 0) is 48.1 Å². The minimum absolute atomic E-state index is 0.189. The van der Waals surface area contributed by atoms with E-state index in [0.717, 1.165) is 6.42 Å². The second-order valence-electron chi connectivity index (χ2n) is 5.68. The zero-order chi connectivity index (χ0) is 14.5. The second-order valence-corrected chi connectivity index (χ2v) is 7.70. The van der Waals surface area contributed by atoms with Crippen LogP contribution in [-0.2, 0) is 11.2 Å². The van der Waals surface area contributed by atoms with E-state index in [4.69, 9.17) is 0 Å². The first-order valence-corrected chi connectivity index (χ1v) is 9.44. The summed E-state index contributed by atoms with van der Waals surface area (Å²) in [5, 5.41) is 7.48. The molecule has 112 valence electrons. The lowest BCUT2D eigenvalue weighted by Crippen LogP contribution is -2.32. The van der Waals surface area contributed by atoms with Crippen LogP contribution in [0.4, 0.5) is 0 Å². The summed E-state index contributed by atoms with van der Waals surface area (Å²) in [5.41, 5.74) is 0. The first kappa shape index (κ1) is 14.8. The maximum absolute atomic E-state index is 12.3. The molecule has 0 bridgehead atoms. The Morgan fingerprint density at radius 3 is 2.62 bits per heavy atom. The van der Waals surface area contributed by atoms with Gasteiger partial charge in [0.2, 0.25) is 5.91 Å². The number of amides is 1. The number of rotatable bonds is 6. The molecule has 1 N–H and O–H groups in total. The van der Waals surface area contributed by atoms with Crippen LogP contribution < -0.4 is 5.32 Å². The Morgan fingerprint density at radius 1 is 1.19 bits per heavy atom. The fourth-order valence-corrected chi connectivity index (χ4v) is 4.70. The lowest BCUT2D eigenvalue weighted by molar-refractivity contribution is -0.122. The number of hydrogen-bond acceptors (Lipinski definition) is 3. The van der Waals surface area contributed by atoms with E-state index in [9.17, 15) is 4.79 Å². The molecule has 21 heavy (non-hydrogen) atoms. The van der Waals surface area contributed by atoms with Crippen LogP contribution in [0.1, 0.15) is 47.9 Å². The van der Waals surface area contributed by atoms with Crippen LogP contribution in [0.15, 0.2) is 35.0 Å². The van der Waals surface area contributed by atoms with Gasteiger partial charge in [0.05, 0.1) is 6.04 Å². The van der Waals surface area contributed by atoms with E-state index in [1.54, 1.807) is 22.7 Å². The number of thiophene rings is 2. The molecule has 2 heterocycles. The van der Waals surface area contributed by atoms with Crippen molar-refractivity contribution in [1.82, 2.24) is 5.32 Å². The Labute approximate surface area is 134 Å². The Kier molecular flexibility index (Phi) is 5.09. The van der Waals surface area contributed by atoms with Crippen molar-refractivity contribution in [3.63, 3.8) is 0 Å². The maximum atomic E-state index is 12.3. The maximum Gasteiger partial charge on any atom is 0.220 e. The van der Waals surface area contributed by atoms with Crippen LogP contribution in [0, 0.1) is 5.92 Å². The van der Waals surface area contributed by atoms with Gasteiger partial charge in [-0.2, -0.15) is 0 Å². The molecule has 1 aliphatic carbocycles. The van der Waals surface area contributed by atoms with Gasteiger partial charge < -0.3 is 5.32 Å². The molecule has 2 aromatic heterocycles. The van der Waals surface area contributed by atoms with Crippen molar-refractivity contribution in [2.75, 3.05) is 0 Å². The van der Waals surface area contributed by atoms with Crippen molar-refractivity contribution in [3.8, 4) is 0 Å². The Hall–Kier alpha value is -1.13. The topological polar surface area (TPSA) is 29.1 Å². The minimum atomic E-state index is 0.189. The number of aryl methyl sites for hydroxylation is 1. The molecule has 2 nitrogen and oxygen atoms in total. The molecular weight excluding hydrogens is 298 g/mol. The van der Waals surface area contributed by atoms with Gasteiger partial charge >= 0.3 is 0 Å². The highest BCUT2D eigenvalue weighted by Crippen LogP contribution is 2.37.